The van der Waals surface area contributed by atoms with E-state index in [9.17, 15) is 4.79 Å². The first-order valence-electron chi connectivity index (χ1n) is 6.11. The lowest BCUT2D eigenvalue weighted by Gasteiger charge is -2.10. The zero-order valence-electron chi connectivity index (χ0n) is 10.1. The third-order valence-corrected chi connectivity index (χ3v) is 3.38. The first kappa shape index (κ1) is 13.2. The Balaban J connectivity index is 1.81. The van der Waals surface area contributed by atoms with E-state index in [0.29, 0.717) is 28.9 Å². The van der Waals surface area contributed by atoms with Gasteiger partial charge in [-0.25, -0.2) is 0 Å². The van der Waals surface area contributed by atoms with E-state index in [1.807, 2.05) is 0 Å². The number of nitrogen functional groups attached to an aromatic ring is 1. The van der Waals surface area contributed by atoms with Gasteiger partial charge in [-0.2, -0.15) is 0 Å². The van der Waals surface area contributed by atoms with E-state index in [-0.39, 0.29) is 5.91 Å². The molecule has 5 heteroatoms. The van der Waals surface area contributed by atoms with Gasteiger partial charge >= 0.3 is 0 Å². The van der Waals surface area contributed by atoms with E-state index in [1.54, 1.807) is 18.2 Å². The summed E-state index contributed by atoms with van der Waals surface area (Å²) in [4.78, 5) is 11.8. The van der Waals surface area contributed by atoms with Crippen molar-refractivity contribution >= 4 is 23.2 Å². The summed E-state index contributed by atoms with van der Waals surface area (Å²) in [6.07, 6.45) is 3.35. The molecule has 1 unspecified atom stereocenters. The van der Waals surface area contributed by atoms with Crippen LogP contribution in [-0.4, -0.2) is 25.2 Å². The van der Waals surface area contributed by atoms with E-state index in [0.717, 1.165) is 25.9 Å². The number of halogens is 1. The molecule has 3 N–H and O–H groups in total. The fourth-order valence-corrected chi connectivity index (χ4v) is 2.12. The van der Waals surface area contributed by atoms with Gasteiger partial charge < -0.3 is 15.8 Å². The Bertz CT molecular complexity index is 431. The second kappa shape index (κ2) is 6.07. The fourth-order valence-electron chi connectivity index (χ4n) is 2.01. The number of carbonyl (C=O) groups excluding carboxylic acids is 1. The Kier molecular flexibility index (Phi) is 4.44. The second-order valence-corrected chi connectivity index (χ2v) is 4.82. The lowest BCUT2D eigenvalue weighted by atomic mass is 10.1. The van der Waals surface area contributed by atoms with Crippen molar-refractivity contribution in [3.05, 3.63) is 28.8 Å². The third-order valence-electron chi connectivity index (χ3n) is 3.03. The Morgan fingerprint density at radius 2 is 2.39 bits per heavy atom. The Labute approximate surface area is 111 Å². The Hall–Kier alpha value is -1.26. The van der Waals surface area contributed by atoms with Crippen LogP contribution in [0.2, 0.25) is 5.02 Å². The van der Waals surface area contributed by atoms with Gasteiger partial charge in [-0.3, -0.25) is 4.79 Å². The fraction of sp³-hybridized carbons (Fsp3) is 0.462. The van der Waals surface area contributed by atoms with Crippen molar-refractivity contribution in [3.63, 3.8) is 0 Å². The van der Waals surface area contributed by atoms with Gasteiger partial charge in [-0.15, -0.1) is 0 Å². The highest BCUT2D eigenvalue weighted by Crippen LogP contribution is 2.19. The number of carbonyl (C=O) groups is 1. The van der Waals surface area contributed by atoms with Crippen molar-refractivity contribution in [2.45, 2.75) is 25.4 Å². The number of nitrogens with two attached hydrogens (primary N) is 1. The summed E-state index contributed by atoms with van der Waals surface area (Å²) in [7, 11) is 0. The first-order valence-corrected chi connectivity index (χ1v) is 6.49. The topological polar surface area (TPSA) is 64.4 Å². The molecule has 1 aliphatic rings. The van der Waals surface area contributed by atoms with Crippen molar-refractivity contribution in [2.75, 3.05) is 18.9 Å². The number of hydrogen-bond acceptors (Lipinski definition) is 3. The zero-order valence-corrected chi connectivity index (χ0v) is 10.9. The van der Waals surface area contributed by atoms with Crippen LogP contribution in [0.3, 0.4) is 0 Å². The van der Waals surface area contributed by atoms with Gasteiger partial charge in [0.15, 0.2) is 0 Å². The molecule has 0 spiro atoms. The largest absolute Gasteiger partial charge is 0.398 e. The highest BCUT2D eigenvalue weighted by molar-refractivity contribution is 6.33. The van der Waals surface area contributed by atoms with Crippen molar-refractivity contribution in [1.82, 2.24) is 5.32 Å². The normalized spacial score (nSPS) is 18.8. The van der Waals surface area contributed by atoms with E-state index >= 15 is 0 Å². The zero-order chi connectivity index (χ0) is 13.0. The molecule has 0 aliphatic carbocycles. The molecule has 0 radical (unpaired) electrons. The van der Waals surface area contributed by atoms with E-state index < -0.39 is 0 Å². The van der Waals surface area contributed by atoms with E-state index in [2.05, 4.69) is 5.32 Å². The summed E-state index contributed by atoms with van der Waals surface area (Å²) < 4.78 is 5.49. The number of anilines is 1. The van der Waals surface area contributed by atoms with Crippen LogP contribution in [0.1, 0.15) is 29.6 Å². The summed E-state index contributed by atoms with van der Waals surface area (Å²) in [5, 5.41) is 3.32. The van der Waals surface area contributed by atoms with Crippen molar-refractivity contribution in [1.29, 1.82) is 0 Å². The summed E-state index contributed by atoms with van der Waals surface area (Å²) >= 11 is 5.80. The maximum atomic E-state index is 11.8. The molecule has 0 bridgehead atoms. The predicted octanol–water partition coefficient (Wildman–Crippen LogP) is 2.22. The minimum Gasteiger partial charge on any atom is -0.398 e. The van der Waals surface area contributed by atoms with Gasteiger partial charge in [0, 0.05) is 18.7 Å². The smallest absolute Gasteiger partial charge is 0.251 e. The predicted molar refractivity (Wildman–Crippen MR) is 71.8 cm³/mol. The number of rotatable bonds is 4. The molecule has 1 fully saturated rings. The lowest BCUT2D eigenvalue weighted by Crippen LogP contribution is -2.27. The SMILES string of the molecule is Nc1cc(C(=O)NCCC2CCCO2)ccc1Cl. The van der Waals surface area contributed by atoms with Crippen molar-refractivity contribution < 1.29 is 9.53 Å². The van der Waals surface area contributed by atoms with Crippen LogP contribution in [0, 0.1) is 0 Å². The average molecular weight is 269 g/mol. The maximum absolute atomic E-state index is 11.8. The molecule has 4 nitrogen and oxygen atoms in total. The Morgan fingerprint density at radius 3 is 3.06 bits per heavy atom. The minimum atomic E-state index is -0.128. The number of hydrogen-bond donors (Lipinski definition) is 2. The molecule has 1 aromatic carbocycles. The number of amides is 1. The first-order chi connectivity index (χ1) is 8.66. The monoisotopic (exact) mass is 268 g/mol. The summed E-state index contributed by atoms with van der Waals surface area (Å²) in [5.41, 5.74) is 6.61. The maximum Gasteiger partial charge on any atom is 0.251 e. The van der Waals surface area contributed by atoms with Crippen LogP contribution < -0.4 is 11.1 Å². The van der Waals surface area contributed by atoms with Crippen molar-refractivity contribution in [3.8, 4) is 0 Å². The summed E-state index contributed by atoms with van der Waals surface area (Å²) in [5.74, 6) is -0.128. The van der Waals surface area contributed by atoms with Crippen LogP contribution in [0.15, 0.2) is 18.2 Å². The molecule has 1 atom stereocenters. The van der Waals surface area contributed by atoms with Crippen LogP contribution in [0.25, 0.3) is 0 Å². The molecule has 18 heavy (non-hydrogen) atoms. The number of nitrogens with one attached hydrogen (secondary N) is 1. The molecule has 0 aromatic heterocycles. The van der Waals surface area contributed by atoms with Gasteiger partial charge in [0.1, 0.15) is 0 Å². The summed E-state index contributed by atoms with van der Waals surface area (Å²) in [6, 6.07) is 4.88. The third kappa shape index (κ3) is 3.37. The van der Waals surface area contributed by atoms with Gasteiger partial charge in [0.2, 0.25) is 0 Å². The van der Waals surface area contributed by atoms with Gasteiger partial charge in [0.05, 0.1) is 16.8 Å². The molecule has 1 heterocycles. The molecule has 1 saturated heterocycles. The standard InChI is InChI=1S/C13H17ClN2O2/c14-11-4-3-9(8-12(11)15)13(17)16-6-5-10-2-1-7-18-10/h3-4,8,10H,1-2,5-7,15H2,(H,16,17). The van der Waals surface area contributed by atoms with Crippen LogP contribution >= 0.6 is 11.6 Å². The number of benzene rings is 1. The van der Waals surface area contributed by atoms with Gasteiger partial charge in [0.25, 0.3) is 5.91 Å². The van der Waals surface area contributed by atoms with Crippen LogP contribution in [-0.2, 0) is 4.74 Å². The van der Waals surface area contributed by atoms with Gasteiger partial charge in [-0.1, -0.05) is 11.6 Å². The van der Waals surface area contributed by atoms with Crippen LogP contribution in [0.5, 0.6) is 0 Å². The molecule has 1 aromatic rings. The average Bonchev–Trinajstić information content (AvgIpc) is 2.85. The molecule has 98 valence electrons. The molecular formula is C13H17ClN2O2. The number of ether oxygens (including phenoxy) is 1. The van der Waals surface area contributed by atoms with E-state index in [1.165, 1.54) is 0 Å². The lowest BCUT2D eigenvalue weighted by molar-refractivity contribution is 0.0907. The molecule has 0 saturated carbocycles. The molecule has 1 aliphatic heterocycles. The second-order valence-electron chi connectivity index (χ2n) is 4.42. The highest BCUT2D eigenvalue weighted by atomic mass is 35.5. The molecule has 2 rings (SSSR count). The van der Waals surface area contributed by atoms with E-state index in [4.69, 9.17) is 22.1 Å². The molecule has 1 amide bonds. The van der Waals surface area contributed by atoms with Crippen molar-refractivity contribution in [2.24, 2.45) is 0 Å². The molecular weight excluding hydrogens is 252 g/mol. The van der Waals surface area contributed by atoms with Gasteiger partial charge in [-0.05, 0) is 37.5 Å². The minimum absolute atomic E-state index is 0.128. The Morgan fingerprint density at radius 1 is 1.56 bits per heavy atom. The highest BCUT2D eigenvalue weighted by Gasteiger charge is 2.15. The summed E-state index contributed by atoms with van der Waals surface area (Å²) in [6.45, 7) is 1.46. The quantitative estimate of drug-likeness (QED) is 0.823. The van der Waals surface area contributed by atoms with Crippen LogP contribution in [0.4, 0.5) is 5.69 Å².